The molecule has 2 N–H and O–H groups in total. The highest BCUT2D eigenvalue weighted by Gasteiger charge is 2.41. The quantitative estimate of drug-likeness (QED) is 0.489. The first-order valence-electron chi connectivity index (χ1n) is 11.2. The van der Waals surface area contributed by atoms with Gasteiger partial charge in [0, 0.05) is 18.4 Å². The third-order valence-electron chi connectivity index (χ3n) is 6.18. The second-order valence-corrected chi connectivity index (χ2v) is 8.35. The summed E-state index contributed by atoms with van der Waals surface area (Å²) in [6.07, 6.45) is -4.82. The molecule has 0 aliphatic carbocycles. The first kappa shape index (κ1) is 26.2. The van der Waals surface area contributed by atoms with Gasteiger partial charge in [-0.05, 0) is 48.4 Å². The topological polar surface area (TPSA) is 133 Å². The Hall–Kier alpha value is -4.86. The Bertz CT molecular complexity index is 1560. The van der Waals surface area contributed by atoms with Crippen molar-refractivity contribution in [2.45, 2.75) is 25.6 Å². The minimum atomic E-state index is -4.64. The highest BCUT2D eigenvalue weighted by Crippen LogP contribution is 2.43. The molecule has 0 spiro atoms. The number of H-pyrrole nitrogens is 1. The summed E-state index contributed by atoms with van der Waals surface area (Å²) in [4.78, 5) is 39.7. The first-order chi connectivity index (χ1) is 18.0. The maximum absolute atomic E-state index is 13.5. The van der Waals surface area contributed by atoms with Gasteiger partial charge >= 0.3 is 17.8 Å². The lowest BCUT2D eigenvalue weighted by Crippen LogP contribution is -2.38. The molecule has 1 aliphatic heterocycles. The number of allylic oxidation sites excluding steroid dienone is 1. The lowest BCUT2D eigenvalue weighted by atomic mass is 9.89. The van der Waals surface area contributed by atoms with Crippen LogP contribution in [-0.2, 0) is 26.9 Å². The predicted octanol–water partition coefficient (Wildman–Crippen LogP) is 2.94. The molecule has 1 amide bonds. The Balaban J connectivity index is 2.03. The predicted molar refractivity (Wildman–Crippen MR) is 128 cm³/mol. The average Bonchev–Trinajstić information content (AvgIpc) is 3.27. The van der Waals surface area contributed by atoms with E-state index in [1.54, 1.807) is 0 Å². The Morgan fingerprint density at radius 1 is 1.24 bits per heavy atom. The van der Waals surface area contributed by atoms with Crippen LogP contribution in [0.3, 0.4) is 0 Å². The van der Waals surface area contributed by atoms with E-state index in [1.807, 2.05) is 6.07 Å². The van der Waals surface area contributed by atoms with E-state index in [0.717, 1.165) is 23.8 Å². The van der Waals surface area contributed by atoms with Crippen LogP contribution in [0, 0.1) is 11.3 Å². The molecule has 13 heteroatoms. The number of esters is 1. The second kappa shape index (κ2) is 9.89. The number of nitriles is 1. The van der Waals surface area contributed by atoms with Crippen molar-refractivity contribution in [3.63, 3.8) is 0 Å². The van der Waals surface area contributed by atoms with Crippen molar-refractivity contribution in [2.24, 2.45) is 0 Å². The van der Waals surface area contributed by atoms with Gasteiger partial charge in [-0.15, -0.1) is 5.10 Å². The average molecular weight is 526 g/mol. The maximum Gasteiger partial charge on any atom is 0.416 e. The van der Waals surface area contributed by atoms with Gasteiger partial charge in [-0.3, -0.25) is 9.69 Å². The summed E-state index contributed by atoms with van der Waals surface area (Å²) in [5.41, 5.74) is -0.668. The normalized spacial score (nSPS) is 15.1. The Morgan fingerprint density at radius 2 is 1.97 bits per heavy atom. The van der Waals surface area contributed by atoms with Crippen LogP contribution in [0.15, 0.2) is 58.5 Å². The molecule has 196 valence electrons. The fraction of sp³-hybridized carbons (Fsp3) is 0.240. The van der Waals surface area contributed by atoms with Crippen LogP contribution in [0.1, 0.15) is 35.2 Å². The van der Waals surface area contributed by atoms with Crippen molar-refractivity contribution in [2.75, 3.05) is 19.1 Å². The van der Waals surface area contributed by atoms with Crippen molar-refractivity contribution in [1.82, 2.24) is 20.1 Å². The number of fused-ring (bicyclic) bond motifs is 1. The van der Waals surface area contributed by atoms with Gasteiger partial charge in [0.2, 0.25) is 11.9 Å². The number of aromatic nitrogens is 3. The summed E-state index contributed by atoms with van der Waals surface area (Å²) in [5.74, 6) is -1.32. The van der Waals surface area contributed by atoms with Crippen LogP contribution in [0.4, 0.5) is 24.8 Å². The van der Waals surface area contributed by atoms with Crippen LogP contribution >= 0.6 is 0 Å². The van der Waals surface area contributed by atoms with Gasteiger partial charge in [0.25, 0.3) is 0 Å². The van der Waals surface area contributed by atoms with E-state index in [9.17, 15) is 32.8 Å². The van der Waals surface area contributed by atoms with Gasteiger partial charge < -0.3 is 10.1 Å². The zero-order valence-corrected chi connectivity index (χ0v) is 20.4. The number of amides is 1. The van der Waals surface area contributed by atoms with Crippen molar-refractivity contribution in [3.05, 3.63) is 86.5 Å². The number of aromatic amines is 1. The summed E-state index contributed by atoms with van der Waals surface area (Å²) in [7, 11) is 2.57. The van der Waals surface area contributed by atoms with E-state index in [2.05, 4.69) is 15.5 Å². The van der Waals surface area contributed by atoms with Crippen LogP contribution in [-0.4, -0.2) is 40.8 Å². The molecule has 0 saturated heterocycles. The molecule has 0 fully saturated rings. The molecular weight excluding hydrogens is 505 g/mol. The molecule has 4 rings (SSSR count). The van der Waals surface area contributed by atoms with Crippen LogP contribution in [0.25, 0.3) is 0 Å². The number of hydrogen-bond donors (Lipinski definition) is 2. The minimum Gasteiger partial charge on any atom is -0.466 e. The number of halogens is 3. The fourth-order valence-electron chi connectivity index (χ4n) is 4.44. The summed E-state index contributed by atoms with van der Waals surface area (Å²) < 4.78 is 46.5. The Kier molecular flexibility index (Phi) is 6.82. The number of ether oxygens (including phenoxy) is 1. The number of alkyl halides is 3. The SMILES string of the molecule is CNC(=O)Cc1cc(C#N)ccc1[C@@H]1C(C(=O)OC)=C(C)N(c2cccc(C(F)(F)F)c2)c2n[nH]c(=O)n21. The van der Waals surface area contributed by atoms with E-state index in [4.69, 9.17) is 4.74 Å². The van der Waals surface area contributed by atoms with Crippen molar-refractivity contribution >= 4 is 23.5 Å². The molecule has 38 heavy (non-hydrogen) atoms. The van der Waals surface area contributed by atoms with Crippen molar-refractivity contribution < 1.29 is 27.5 Å². The molecule has 1 aliphatic rings. The standard InChI is InChI=1S/C25H21F3N6O4/c1-13-20(22(36)38-3)21(18-8-7-14(12-29)9-15(18)10-19(35)30-2)34-23(31-32-24(34)37)33(13)17-6-4-5-16(11-17)25(26,27)28/h4-9,11,21H,10H2,1-3H3,(H,30,35)(H,32,37)/t21-/m1/s1. The number of anilines is 2. The third kappa shape index (κ3) is 4.52. The smallest absolute Gasteiger partial charge is 0.416 e. The Labute approximate surface area is 213 Å². The molecule has 0 bridgehead atoms. The lowest BCUT2D eigenvalue weighted by molar-refractivity contribution is -0.138. The Morgan fingerprint density at radius 3 is 2.61 bits per heavy atom. The number of likely N-dealkylation sites (N-methyl/N-ethyl adjacent to an activating group) is 1. The number of hydrogen-bond acceptors (Lipinski definition) is 7. The van der Waals surface area contributed by atoms with E-state index >= 15 is 0 Å². The van der Waals surface area contributed by atoms with Crippen LogP contribution < -0.4 is 15.9 Å². The zero-order valence-electron chi connectivity index (χ0n) is 20.4. The number of carbonyl (C=O) groups excluding carboxylic acids is 2. The molecule has 1 aromatic heterocycles. The molecule has 0 saturated carbocycles. The largest absolute Gasteiger partial charge is 0.466 e. The van der Waals surface area contributed by atoms with E-state index in [-0.39, 0.29) is 40.8 Å². The van der Waals surface area contributed by atoms with E-state index in [1.165, 1.54) is 49.2 Å². The first-order valence-corrected chi connectivity index (χ1v) is 11.2. The highest BCUT2D eigenvalue weighted by atomic mass is 19.4. The summed E-state index contributed by atoms with van der Waals surface area (Å²) >= 11 is 0. The lowest BCUT2D eigenvalue weighted by Gasteiger charge is -2.36. The molecule has 0 unspecified atom stereocenters. The summed E-state index contributed by atoms with van der Waals surface area (Å²) in [5, 5.41) is 18.2. The molecule has 1 atom stereocenters. The molecule has 3 aromatic rings. The molecule has 0 radical (unpaired) electrons. The number of carbonyl (C=O) groups is 2. The van der Waals surface area contributed by atoms with Gasteiger partial charge in [-0.25, -0.2) is 19.3 Å². The van der Waals surface area contributed by atoms with Gasteiger partial charge in [0.05, 0.1) is 36.3 Å². The van der Waals surface area contributed by atoms with Gasteiger partial charge in [-0.2, -0.15) is 18.4 Å². The summed E-state index contributed by atoms with van der Waals surface area (Å²) in [6.45, 7) is 1.49. The molecule has 10 nitrogen and oxygen atoms in total. The van der Waals surface area contributed by atoms with Crippen molar-refractivity contribution in [3.8, 4) is 6.07 Å². The number of benzene rings is 2. The number of methoxy groups -OCH3 is 1. The number of nitrogens with zero attached hydrogens (tertiary/aromatic N) is 4. The summed E-state index contributed by atoms with van der Waals surface area (Å²) in [6, 6.07) is 9.64. The van der Waals surface area contributed by atoms with Crippen LogP contribution in [0.5, 0.6) is 0 Å². The number of rotatable bonds is 5. The third-order valence-corrected chi connectivity index (χ3v) is 6.18. The minimum absolute atomic E-state index is 0.00263. The highest BCUT2D eigenvalue weighted by molar-refractivity contribution is 5.94. The molecule has 2 heterocycles. The van der Waals surface area contributed by atoms with Crippen LogP contribution in [0.2, 0.25) is 0 Å². The zero-order chi connectivity index (χ0) is 27.8. The van der Waals surface area contributed by atoms with Gasteiger partial charge in [0.1, 0.15) is 6.04 Å². The van der Waals surface area contributed by atoms with Gasteiger partial charge in [0.15, 0.2) is 0 Å². The number of nitrogens with one attached hydrogen (secondary N) is 2. The second-order valence-electron chi connectivity index (χ2n) is 8.35. The molecule has 2 aromatic carbocycles. The van der Waals surface area contributed by atoms with E-state index in [0.29, 0.717) is 11.1 Å². The van der Waals surface area contributed by atoms with Crippen molar-refractivity contribution in [1.29, 1.82) is 5.26 Å². The molecular formula is C25H21F3N6O4. The fourth-order valence-corrected chi connectivity index (χ4v) is 4.44. The van der Waals surface area contributed by atoms with Gasteiger partial charge in [-0.1, -0.05) is 12.1 Å². The van der Waals surface area contributed by atoms with E-state index < -0.39 is 29.4 Å². The monoisotopic (exact) mass is 526 g/mol. The maximum atomic E-state index is 13.5.